The molecule has 0 saturated heterocycles. The molecule has 1 radical (unpaired) electrons. The molecular weight excluding hydrogens is 591 g/mol. The van der Waals surface area contributed by atoms with Gasteiger partial charge in [-0.15, -0.1) is 0 Å². The summed E-state index contributed by atoms with van der Waals surface area (Å²) in [7, 11) is 0. The summed E-state index contributed by atoms with van der Waals surface area (Å²) >= 11 is 0. The van der Waals surface area contributed by atoms with Crippen LogP contribution in [0.25, 0.3) is 0 Å². The van der Waals surface area contributed by atoms with Crippen molar-refractivity contribution < 1.29 is 31.8 Å². The summed E-state index contributed by atoms with van der Waals surface area (Å²) < 4.78 is 0. The molecule has 0 bridgehead atoms. The first-order valence-electron chi connectivity index (χ1n) is 15.7. The van der Waals surface area contributed by atoms with Crippen molar-refractivity contribution in [2.45, 2.75) is 149 Å². The van der Waals surface area contributed by atoms with Crippen LogP contribution in [-0.4, -0.2) is 41.0 Å². The average molecular weight is 649 g/mol. The zero-order valence-electron chi connectivity index (χ0n) is 29.5. The molecule has 2 aromatic carbocycles. The summed E-state index contributed by atoms with van der Waals surface area (Å²) in [5, 5.41) is 22.5. The second-order valence-corrected chi connectivity index (χ2v) is 16.1. The number of aliphatic imine (C=N–C) groups is 2. The zero-order valence-corrected chi connectivity index (χ0v) is 30.5. The predicted molar refractivity (Wildman–Crippen MR) is 184 cm³/mol. The molecule has 0 aliphatic heterocycles. The summed E-state index contributed by atoms with van der Waals surface area (Å²) in [6.07, 6.45) is 9.40. The zero-order chi connectivity index (χ0) is 33.0. The molecule has 44 heavy (non-hydrogen) atoms. The van der Waals surface area contributed by atoms with Gasteiger partial charge in [0.2, 0.25) is 0 Å². The third-order valence-corrected chi connectivity index (χ3v) is 8.13. The smallest absolute Gasteiger partial charge is 0.128 e. The molecule has 2 N–H and O–H groups in total. The van der Waals surface area contributed by atoms with Crippen molar-refractivity contribution in [2.75, 3.05) is 0 Å². The molecular formula is C38H57CoN2O3-. The second kappa shape index (κ2) is 15.2. The van der Waals surface area contributed by atoms with E-state index >= 15 is 0 Å². The van der Waals surface area contributed by atoms with Gasteiger partial charge in [-0.25, -0.2) is 0 Å². The number of hydrogen-bond donors (Lipinski definition) is 2. The Morgan fingerprint density at radius 1 is 0.636 bits per heavy atom. The summed E-state index contributed by atoms with van der Waals surface area (Å²) in [6, 6.07) is 8.53. The predicted octanol–water partition coefficient (Wildman–Crippen LogP) is 9.25. The quantitative estimate of drug-likeness (QED) is 0.256. The molecule has 0 aromatic heterocycles. The third-order valence-electron chi connectivity index (χ3n) is 8.13. The SMILES string of the molecule is CC(C)(C)c1cc(C=N[C@H]2CCCC[C@@H]2N=Cc2cc(C(C)(C)C)cc(C(C)(C)C)c2O)c(O)c(C(C)(C)C)c1.C[C-]=O.[Co]. The van der Waals surface area contributed by atoms with E-state index in [0.29, 0.717) is 11.5 Å². The number of benzene rings is 2. The molecule has 6 heteroatoms. The maximum Gasteiger partial charge on any atom is 0.128 e. The molecule has 3 rings (SSSR count). The van der Waals surface area contributed by atoms with Crippen LogP contribution in [0.4, 0.5) is 0 Å². The van der Waals surface area contributed by atoms with Gasteiger partial charge in [-0.3, -0.25) is 16.3 Å². The Morgan fingerprint density at radius 2 is 0.932 bits per heavy atom. The van der Waals surface area contributed by atoms with Crippen molar-refractivity contribution in [3.05, 3.63) is 57.6 Å². The van der Waals surface area contributed by atoms with E-state index < -0.39 is 0 Å². The van der Waals surface area contributed by atoms with Crippen LogP contribution in [0.5, 0.6) is 11.5 Å². The monoisotopic (exact) mass is 648 g/mol. The molecule has 2 atom stereocenters. The number of phenolic OH excluding ortho intramolecular Hbond substituents is 2. The van der Waals surface area contributed by atoms with E-state index in [-0.39, 0.29) is 50.5 Å². The van der Waals surface area contributed by atoms with Crippen molar-refractivity contribution in [3.8, 4) is 11.5 Å². The number of phenols is 2. The van der Waals surface area contributed by atoms with E-state index in [1.165, 1.54) is 24.3 Å². The Morgan fingerprint density at radius 3 is 1.18 bits per heavy atom. The van der Waals surface area contributed by atoms with Crippen LogP contribution in [0.2, 0.25) is 0 Å². The van der Waals surface area contributed by atoms with E-state index in [2.05, 4.69) is 107 Å². The fourth-order valence-corrected chi connectivity index (χ4v) is 5.31. The van der Waals surface area contributed by atoms with Crippen molar-refractivity contribution in [2.24, 2.45) is 9.98 Å². The molecule has 2 aromatic rings. The van der Waals surface area contributed by atoms with Gasteiger partial charge in [0.25, 0.3) is 0 Å². The Bertz CT molecular complexity index is 1220. The molecule has 0 unspecified atom stereocenters. The topological polar surface area (TPSA) is 82.2 Å². The summed E-state index contributed by atoms with van der Waals surface area (Å²) in [4.78, 5) is 18.7. The Balaban J connectivity index is 0.00000232. The number of nitrogens with zero attached hydrogens (tertiary/aromatic N) is 2. The van der Waals surface area contributed by atoms with Gasteiger partial charge >= 0.3 is 0 Å². The van der Waals surface area contributed by atoms with Crippen molar-refractivity contribution in [1.29, 1.82) is 0 Å². The molecule has 1 aliphatic rings. The minimum absolute atomic E-state index is 0. The molecule has 0 amide bonds. The maximum absolute atomic E-state index is 11.2. The van der Waals surface area contributed by atoms with E-state index in [0.717, 1.165) is 47.9 Å². The first-order valence-corrected chi connectivity index (χ1v) is 15.7. The molecule has 0 heterocycles. The van der Waals surface area contributed by atoms with Crippen LogP contribution in [0.15, 0.2) is 34.3 Å². The van der Waals surface area contributed by atoms with Gasteiger partial charge < -0.3 is 15.0 Å². The molecule has 1 saturated carbocycles. The van der Waals surface area contributed by atoms with Gasteiger partial charge in [-0.2, -0.15) is 6.92 Å². The van der Waals surface area contributed by atoms with Crippen molar-refractivity contribution in [1.82, 2.24) is 0 Å². The van der Waals surface area contributed by atoms with Gasteiger partial charge in [0.15, 0.2) is 0 Å². The molecule has 247 valence electrons. The maximum atomic E-state index is 11.2. The molecule has 1 fully saturated rings. The summed E-state index contributed by atoms with van der Waals surface area (Å²) in [5.74, 6) is 0.637. The van der Waals surface area contributed by atoms with E-state index in [1.54, 1.807) is 0 Å². The average Bonchev–Trinajstić information content (AvgIpc) is 2.85. The van der Waals surface area contributed by atoms with Gasteiger partial charge in [-0.1, -0.05) is 108 Å². The fraction of sp³-hybridized carbons (Fsp3) is 0.605. The Hall–Kier alpha value is -2.44. The van der Waals surface area contributed by atoms with E-state index in [9.17, 15) is 10.2 Å². The minimum atomic E-state index is -0.179. The first-order chi connectivity index (χ1) is 19.6. The number of aromatic hydroxyl groups is 2. The molecule has 1 aliphatic carbocycles. The van der Waals surface area contributed by atoms with Gasteiger partial charge in [0.1, 0.15) is 11.5 Å². The fourth-order valence-electron chi connectivity index (χ4n) is 5.31. The molecule has 5 nitrogen and oxygen atoms in total. The van der Waals surface area contributed by atoms with Gasteiger partial charge in [0, 0.05) is 51.5 Å². The van der Waals surface area contributed by atoms with E-state index in [1.807, 2.05) is 12.4 Å². The Labute approximate surface area is 278 Å². The van der Waals surface area contributed by atoms with Crippen LogP contribution in [0, 0.1) is 0 Å². The minimum Gasteiger partial charge on any atom is -0.542 e. The molecule has 0 spiro atoms. The number of carbonyl (C=O) groups excluding carboxylic acids is 1. The summed E-state index contributed by atoms with van der Waals surface area (Å²) in [5.41, 5.74) is 5.39. The van der Waals surface area contributed by atoms with Crippen LogP contribution in [0.3, 0.4) is 0 Å². The van der Waals surface area contributed by atoms with Crippen LogP contribution >= 0.6 is 0 Å². The number of rotatable bonds is 4. The number of hydrogen-bond acceptors (Lipinski definition) is 5. The van der Waals surface area contributed by atoms with Crippen LogP contribution < -0.4 is 0 Å². The third kappa shape index (κ3) is 10.6. The van der Waals surface area contributed by atoms with Crippen molar-refractivity contribution >= 4 is 18.7 Å². The second-order valence-electron chi connectivity index (χ2n) is 16.1. The standard InChI is InChI=1S/C36H54N2O2.C2H3O.Co/c1-33(2,3)25-17-23(31(39)27(19-25)35(7,8)9)21-37-29-15-13-14-16-30(29)38-22-24-18-26(34(4,5)6)20-28(32(24)40)36(10,11)12;1-2-3;/h17-22,29-30,39-40H,13-16H2,1-12H3;1H3;/q;-1;/t29-,30-;;/m0../s1. The van der Waals surface area contributed by atoms with Crippen LogP contribution in [-0.2, 0) is 43.2 Å². The normalized spacial score (nSPS) is 18.1. The summed E-state index contributed by atoms with van der Waals surface area (Å²) in [6.45, 7) is 27.3. The van der Waals surface area contributed by atoms with Crippen LogP contribution in [0.1, 0.15) is 149 Å². The van der Waals surface area contributed by atoms with Gasteiger partial charge in [0.05, 0.1) is 12.1 Å². The van der Waals surface area contributed by atoms with Crippen molar-refractivity contribution in [3.63, 3.8) is 0 Å². The first kappa shape index (κ1) is 39.6. The van der Waals surface area contributed by atoms with E-state index in [4.69, 9.17) is 14.8 Å². The van der Waals surface area contributed by atoms with Gasteiger partial charge in [-0.05, 0) is 57.8 Å². The Kier molecular flexibility index (Phi) is 13.7. The largest absolute Gasteiger partial charge is 0.542 e.